The zero-order valence-corrected chi connectivity index (χ0v) is 10.8. The molecule has 0 fully saturated rings. The Balaban J connectivity index is 2.42. The normalized spacial score (nSPS) is 10.4. The lowest BCUT2D eigenvalue weighted by Gasteiger charge is -2.06. The zero-order chi connectivity index (χ0) is 13.1. The maximum absolute atomic E-state index is 11.9. The molecule has 0 amide bonds. The van der Waals surface area contributed by atoms with Crippen LogP contribution in [0.25, 0.3) is 11.3 Å². The van der Waals surface area contributed by atoms with Gasteiger partial charge in [-0.2, -0.15) is 0 Å². The fourth-order valence-corrected chi connectivity index (χ4v) is 1.69. The highest BCUT2D eigenvalue weighted by atomic mass is 16.5. The van der Waals surface area contributed by atoms with Crippen LogP contribution >= 0.6 is 0 Å². The second-order valence-corrected chi connectivity index (χ2v) is 4.08. The largest absolute Gasteiger partial charge is 0.494 e. The Labute approximate surface area is 106 Å². The van der Waals surface area contributed by atoms with Crippen LogP contribution in [-0.2, 0) is 0 Å². The molecule has 4 nitrogen and oxygen atoms in total. The summed E-state index contributed by atoms with van der Waals surface area (Å²) in [5.41, 5.74) is 2.71. The van der Waals surface area contributed by atoms with Gasteiger partial charge in [-0.1, -0.05) is 0 Å². The summed E-state index contributed by atoms with van der Waals surface area (Å²) in [6, 6.07) is 7.37. The van der Waals surface area contributed by atoms with Crippen LogP contribution in [0.4, 0.5) is 0 Å². The molecule has 0 aliphatic rings. The van der Waals surface area contributed by atoms with Gasteiger partial charge in [-0.25, -0.2) is 4.98 Å². The van der Waals surface area contributed by atoms with Gasteiger partial charge < -0.3 is 9.72 Å². The zero-order valence-electron chi connectivity index (χ0n) is 10.8. The molecule has 0 saturated heterocycles. The monoisotopic (exact) mass is 244 g/mol. The average molecular weight is 244 g/mol. The molecular weight excluding hydrogens is 228 g/mol. The molecule has 0 spiro atoms. The molecule has 94 valence electrons. The molecule has 2 rings (SSSR count). The fourth-order valence-electron chi connectivity index (χ4n) is 1.69. The van der Waals surface area contributed by atoms with Crippen LogP contribution < -0.4 is 10.3 Å². The van der Waals surface area contributed by atoms with Crippen LogP contribution in [0.3, 0.4) is 0 Å². The molecule has 2 aromatic rings. The van der Waals surface area contributed by atoms with Crippen molar-refractivity contribution in [3.8, 4) is 17.0 Å². The SMILES string of the molecule is CCOc1ccc(-c2nc(C)c(C)[nH]c2=O)cc1. The number of aromatic nitrogens is 2. The second-order valence-electron chi connectivity index (χ2n) is 4.08. The Hall–Kier alpha value is -2.10. The van der Waals surface area contributed by atoms with Gasteiger partial charge in [0.25, 0.3) is 5.56 Å². The molecule has 1 heterocycles. The Morgan fingerprint density at radius 3 is 2.50 bits per heavy atom. The topological polar surface area (TPSA) is 55.0 Å². The molecule has 1 N–H and O–H groups in total. The minimum absolute atomic E-state index is 0.165. The van der Waals surface area contributed by atoms with Gasteiger partial charge >= 0.3 is 0 Å². The molecule has 0 atom stereocenters. The summed E-state index contributed by atoms with van der Waals surface area (Å²) >= 11 is 0. The summed E-state index contributed by atoms with van der Waals surface area (Å²) in [6.07, 6.45) is 0. The van der Waals surface area contributed by atoms with E-state index in [9.17, 15) is 4.79 Å². The van der Waals surface area contributed by atoms with E-state index in [1.807, 2.05) is 45.0 Å². The number of aryl methyl sites for hydroxylation is 2. The molecule has 1 aromatic heterocycles. The molecule has 0 unspecified atom stereocenters. The maximum Gasteiger partial charge on any atom is 0.274 e. The third-order valence-electron chi connectivity index (χ3n) is 2.78. The number of ether oxygens (including phenoxy) is 1. The first-order valence-electron chi connectivity index (χ1n) is 5.92. The van der Waals surface area contributed by atoms with Crippen molar-refractivity contribution in [2.75, 3.05) is 6.61 Å². The molecule has 1 aromatic carbocycles. The van der Waals surface area contributed by atoms with E-state index in [2.05, 4.69) is 9.97 Å². The van der Waals surface area contributed by atoms with Crippen LogP contribution in [-0.4, -0.2) is 16.6 Å². The first kappa shape index (κ1) is 12.4. The van der Waals surface area contributed by atoms with Gasteiger partial charge in [-0.3, -0.25) is 4.79 Å². The third kappa shape index (κ3) is 2.42. The Morgan fingerprint density at radius 2 is 1.89 bits per heavy atom. The predicted octanol–water partition coefficient (Wildman–Crippen LogP) is 2.45. The van der Waals surface area contributed by atoms with Crippen LogP contribution in [0, 0.1) is 13.8 Å². The summed E-state index contributed by atoms with van der Waals surface area (Å²) in [7, 11) is 0. The van der Waals surface area contributed by atoms with Crippen LogP contribution in [0.15, 0.2) is 29.1 Å². The van der Waals surface area contributed by atoms with E-state index in [4.69, 9.17) is 4.74 Å². The Bertz CT molecular complexity index is 600. The lowest BCUT2D eigenvalue weighted by atomic mass is 10.1. The maximum atomic E-state index is 11.9. The number of hydrogen-bond acceptors (Lipinski definition) is 3. The van der Waals surface area contributed by atoms with E-state index < -0.39 is 0 Å². The van der Waals surface area contributed by atoms with E-state index in [0.29, 0.717) is 12.3 Å². The van der Waals surface area contributed by atoms with Crippen molar-refractivity contribution in [2.45, 2.75) is 20.8 Å². The number of nitrogens with zero attached hydrogens (tertiary/aromatic N) is 1. The third-order valence-corrected chi connectivity index (χ3v) is 2.78. The molecule has 0 radical (unpaired) electrons. The highest BCUT2D eigenvalue weighted by Gasteiger charge is 2.07. The van der Waals surface area contributed by atoms with Crippen LogP contribution in [0.1, 0.15) is 18.3 Å². The van der Waals surface area contributed by atoms with E-state index in [0.717, 1.165) is 22.7 Å². The minimum atomic E-state index is -0.165. The second kappa shape index (κ2) is 5.04. The Kier molecular flexibility index (Phi) is 3.46. The number of rotatable bonds is 3. The number of H-pyrrole nitrogens is 1. The van der Waals surface area contributed by atoms with Gasteiger partial charge in [-0.15, -0.1) is 0 Å². The predicted molar refractivity (Wildman–Crippen MR) is 70.9 cm³/mol. The van der Waals surface area contributed by atoms with Crippen molar-refractivity contribution in [3.63, 3.8) is 0 Å². The fraction of sp³-hybridized carbons (Fsp3) is 0.286. The number of benzene rings is 1. The van der Waals surface area contributed by atoms with Crippen molar-refractivity contribution in [1.82, 2.24) is 9.97 Å². The summed E-state index contributed by atoms with van der Waals surface area (Å²) in [5.74, 6) is 0.793. The van der Waals surface area contributed by atoms with Gasteiger partial charge in [0.2, 0.25) is 0 Å². The van der Waals surface area contributed by atoms with Crippen molar-refractivity contribution in [3.05, 3.63) is 46.0 Å². The smallest absolute Gasteiger partial charge is 0.274 e. The van der Waals surface area contributed by atoms with Crippen molar-refractivity contribution >= 4 is 0 Å². The summed E-state index contributed by atoms with van der Waals surface area (Å²) < 4.78 is 5.36. The van der Waals surface area contributed by atoms with Gasteiger partial charge in [0.15, 0.2) is 0 Å². The van der Waals surface area contributed by atoms with Crippen molar-refractivity contribution < 1.29 is 4.74 Å². The summed E-state index contributed by atoms with van der Waals surface area (Å²) in [4.78, 5) is 19.0. The molecule has 0 bridgehead atoms. The van der Waals surface area contributed by atoms with Crippen LogP contribution in [0.2, 0.25) is 0 Å². The summed E-state index contributed by atoms with van der Waals surface area (Å²) in [6.45, 7) is 6.28. The van der Waals surface area contributed by atoms with Crippen LogP contribution in [0.5, 0.6) is 5.75 Å². The molecular formula is C14H16N2O2. The van der Waals surface area contributed by atoms with Gasteiger partial charge in [-0.05, 0) is 45.0 Å². The average Bonchev–Trinajstić information content (AvgIpc) is 2.35. The molecule has 18 heavy (non-hydrogen) atoms. The highest BCUT2D eigenvalue weighted by Crippen LogP contribution is 2.18. The first-order valence-corrected chi connectivity index (χ1v) is 5.92. The number of aromatic amines is 1. The number of nitrogens with one attached hydrogen (secondary N) is 1. The highest BCUT2D eigenvalue weighted by molar-refractivity contribution is 5.59. The first-order chi connectivity index (χ1) is 8.61. The standard InChI is InChI=1S/C14H16N2O2/c1-4-18-12-7-5-11(6-8-12)13-14(17)16-10(3)9(2)15-13/h5-8H,4H2,1-3H3,(H,16,17). The van der Waals surface area contributed by atoms with E-state index in [-0.39, 0.29) is 5.56 Å². The van der Waals surface area contributed by atoms with Crippen molar-refractivity contribution in [2.24, 2.45) is 0 Å². The van der Waals surface area contributed by atoms with E-state index in [1.54, 1.807) is 0 Å². The Morgan fingerprint density at radius 1 is 1.22 bits per heavy atom. The lowest BCUT2D eigenvalue weighted by molar-refractivity contribution is 0.340. The van der Waals surface area contributed by atoms with E-state index >= 15 is 0 Å². The van der Waals surface area contributed by atoms with E-state index in [1.165, 1.54) is 0 Å². The van der Waals surface area contributed by atoms with Gasteiger partial charge in [0.1, 0.15) is 11.4 Å². The van der Waals surface area contributed by atoms with Crippen molar-refractivity contribution in [1.29, 1.82) is 0 Å². The minimum Gasteiger partial charge on any atom is -0.494 e. The number of hydrogen-bond donors (Lipinski definition) is 1. The quantitative estimate of drug-likeness (QED) is 0.902. The molecule has 0 aliphatic heterocycles. The van der Waals surface area contributed by atoms with Gasteiger partial charge in [0.05, 0.1) is 12.3 Å². The molecule has 0 aliphatic carbocycles. The van der Waals surface area contributed by atoms with Gasteiger partial charge in [0, 0.05) is 11.3 Å². The molecule has 0 saturated carbocycles. The molecule has 4 heteroatoms. The lowest BCUT2D eigenvalue weighted by Crippen LogP contribution is -2.14. The summed E-state index contributed by atoms with van der Waals surface area (Å²) in [5, 5.41) is 0.